The van der Waals surface area contributed by atoms with Crippen molar-refractivity contribution in [1.82, 2.24) is 19.5 Å². The molecule has 3 aromatic heterocycles. The molecular weight excluding hydrogens is 413 g/mol. The molecule has 4 rings (SSSR count). The first-order chi connectivity index (χ1) is 12.3. The van der Waals surface area contributed by atoms with Crippen molar-refractivity contribution in [1.29, 1.82) is 0 Å². The Morgan fingerprint density at radius 3 is 2.65 bits per heavy atom. The Bertz CT molecular complexity index is 1230. The van der Waals surface area contributed by atoms with Gasteiger partial charge < -0.3 is 4.98 Å². The van der Waals surface area contributed by atoms with E-state index in [1.165, 1.54) is 23.8 Å². The summed E-state index contributed by atoms with van der Waals surface area (Å²) in [6.45, 7) is 1.44. The highest BCUT2D eigenvalue weighted by Gasteiger charge is 2.33. The molecule has 0 bridgehead atoms. The van der Waals surface area contributed by atoms with E-state index in [0.29, 0.717) is 21.9 Å². The number of rotatable bonds is 1. The van der Waals surface area contributed by atoms with Crippen LogP contribution in [-0.2, 0) is 6.18 Å². The number of aryl methyl sites for hydroxylation is 1. The Kier molecular flexibility index (Phi) is 3.65. The summed E-state index contributed by atoms with van der Waals surface area (Å²) in [5.41, 5.74) is 0.584. The van der Waals surface area contributed by atoms with Gasteiger partial charge in [0, 0.05) is 9.86 Å². The third-order valence-corrected chi connectivity index (χ3v) is 4.55. The zero-order valence-corrected chi connectivity index (χ0v) is 14.8. The molecule has 0 fully saturated rings. The average molecular weight is 423 g/mol. The van der Waals surface area contributed by atoms with Gasteiger partial charge in [0.2, 0.25) is 0 Å². The average Bonchev–Trinajstić information content (AvgIpc) is 2.90. The van der Waals surface area contributed by atoms with E-state index in [1.807, 2.05) is 6.07 Å². The van der Waals surface area contributed by atoms with E-state index in [2.05, 4.69) is 30.9 Å². The van der Waals surface area contributed by atoms with Gasteiger partial charge in [-0.3, -0.25) is 9.55 Å². The molecule has 0 aliphatic rings. The SMILES string of the molecule is Cc1nc(C(F)(F)F)ccc1-n1c(=O)[nH]c2cnc3ccc(Br)cc3c21. The van der Waals surface area contributed by atoms with Crippen LogP contribution in [-0.4, -0.2) is 19.5 Å². The van der Waals surface area contributed by atoms with E-state index < -0.39 is 17.6 Å². The van der Waals surface area contributed by atoms with Crippen LogP contribution >= 0.6 is 15.9 Å². The van der Waals surface area contributed by atoms with Crippen LogP contribution in [0.3, 0.4) is 0 Å². The van der Waals surface area contributed by atoms with Crippen molar-refractivity contribution in [2.24, 2.45) is 0 Å². The third-order valence-electron chi connectivity index (χ3n) is 4.06. The quantitative estimate of drug-likeness (QED) is 0.495. The van der Waals surface area contributed by atoms with Gasteiger partial charge in [-0.2, -0.15) is 13.2 Å². The van der Waals surface area contributed by atoms with E-state index in [-0.39, 0.29) is 11.4 Å². The fourth-order valence-corrected chi connectivity index (χ4v) is 3.29. The van der Waals surface area contributed by atoms with Crippen molar-refractivity contribution in [3.05, 3.63) is 62.9 Å². The van der Waals surface area contributed by atoms with Gasteiger partial charge in [0.1, 0.15) is 5.69 Å². The topological polar surface area (TPSA) is 63.6 Å². The molecule has 5 nitrogen and oxygen atoms in total. The van der Waals surface area contributed by atoms with Crippen LogP contribution in [0.4, 0.5) is 13.2 Å². The van der Waals surface area contributed by atoms with Gasteiger partial charge in [-0.1, -0.05) is 15.9 Å². The van der Waals surface area contributed by atoms with Crippen LogP contribution < -0.4 is 5.69 Å². The lowest BCUT2D eigenvalue weighted by Crippen LogP contribution is -2.17. The van der Waals surface area contributed by atoms with E-state index in [4.69, 9.17) is 0 Å². The van der Waals surface area contributed by atoms with Gasteiger partial charge in [-0.15, -0.1) is 0 Å². The number of alkyl halides is 3. The summed E-state index contributed by atoms with van der Waals surface area (Å²) in [4.78, 5) is 23.1. The molecular formula is C17H10BrF3N4O. The summed E-state index contributed by atoms with van der Waals surface area (Å²) in [6.07, 6.45) is -3.02. The molecule has 1 aromatic carbocycles. The van der Waals surface area contributed by atoms with Crippen LogP contribution in [0, 0.1) is 6.92 Å². The third kappa shape index (κ3) is 2.59. The van der Waals surface area contributed by atoms with Crippen LogP contribution in [0.2, 0.25) is 0 Å². The summed E-state index contributed by atoms with van der Waals surface area (Å²) < 4.78 is 40.7. The number of halogens is 4. The Labute approximate surface area is 152 Å². The zero-order valence-electron chi connectivity index (χ0n) is 13.2. The zero-order chi connectivity index (χ0) is 18.6. The Balaban J connectivity index is 2.08. The fourth-order valence-electron chi connectivity index (χ4n) is 2.93. The van der Waals surface area contributed by atoms with Crippen LogP contribution in [0.1, 0.15) is 11.4 Å². The van der Waals surface area contributed by atoms with Crippen LogP contribution in [0.5, 0.6) is 0 Å². The van der Waals surface area contributed by atoms with Gasteiger partial charge in [0.25, 0.3) is 0 Å². The molecule has 0 saturated heterocycles. The van der Waals surface area contributed by atoms with Gasteiger partial charge in [-0.05, 0) is 37.3 Å². The Morgan fingerprint density at radius 1 is 1.19 bits per heavy atom. The minimum atomic E-state index is -4.55. The lowest BCUT2D eigenvalue weighted by molar-refractivity contribution is -0.141. The molecule has 0 spiro atoms. The molecule has 1 N–H and O–H groups in total. The monoisotopic (exact) mass is 422 g/mol. The molecule has 132 valence electrons. The number of nitrogens with one attached hydrogen (secondary N) is 1. The number of aromatic amines is 1. The van der Waals surface area contributed by atoms with Crippen LogP contribution in [0.25, 0.3) is 27.6 Å². The first-order valence-corrected chi connectivity index (χ1v) is 8.29. The first kappa shape index (κ1) is 16.8. The van der Waals surface area contributed by atoms with Crippen molar-refractivity contribution < 1.29 is 13.2 Å². The van der Waals surface area contributed by atoms with E-state index in [1.54, 1.807) is 12.1 Å². The maximum absolute atomic E-state index is 12.9. The Hall–Kier alpha value is -2.68. The first-order valence-electron chi connectivity index (χ1n) is 7.50. The summed E-state index contributed by atoms with van der Waals surface area (Å²) in [5, 5.41) is 0.689. The molecule has 0 aliphatic heterocycles. The molecule has 0 radical (unpaired) electrons. The summed E-state index contributed by atoms with van der Waals surface area (Å²) in [5.74, 6) is 0. The molecule has 0 aliphatic carbocycles. The second-order valence-electron chi connectivity index (χ2n) is 5.75. The van der Waals surface area contributed by atoms with Gasteiger partial charge in [0.15, 0.2) is 0 Å². The molecule has 9 heteroatoms. The van der Waals surface area contributed by atoms with Crippen molar-refractivity contribution in [3.8, 4) is 5.69 Å². The smallest absolute Gasteiger partial charge is 0.304 e. The maximum atomic E-state index is 12.9. The number of pyridine rings is 2. The molecule has 0 unspecified atom stereocenters. The molecule has 3 heterocycles. The molecule has 4 aromatic rings. The number of H-pyrrole nitrogens is 1. The van der Waals surface area contributed by atoms with Gasteiger partial charge in [0.05, 0.1) is 34.1 Å². The highest BCUT2D eigenvalue weighted by Crippen LogP contribution is 2.30. The van der Waals surface area contributed by atoms with E-state index in [9.17, 15) is 18.0 Å². The summed E-state index contributed by atoms with van der Waals surface area (Å²) >= 11 is 3.39. The highest BCUT2D eigenvalue weighted by atomic mass is 79.9. The van der Waals surface area contributed by atoms with Crippen molar-refractivity contribution in [3.63, 3.8) is 0 Å². The Morgan fingerprint density at radius 2 is 1.96 bits per heavy atom. The standard InChI is InChI=1S/C17H10BrF3N4O/c1-8-13(4-5-14(23-8)17(19,20)21)25-15-10-6-9(18)2-3-11(10)22-7-12(15)24-16(25)26/h2-7H,1H3,(H,24,26). The number of nitrogens with zero attached hydrogens (tertiary/aromatic N) is 3. The number of hydrogen-bond donors (Lipinski definition) is 1. The largest absolute Gasteiger partial charge is 0.433 e. The van der Waals surface area contributed by atoms with Gasteiger partial charge in [-0.25, -0.2) is 9.78 Å². The number of imidazole rings is 1. The minimum Gasteiger partial charge on any atom is -0.304 e. The lowest BCUT2D eigenvalue weighted by Gasteiger charge is -2.11. The predicted molar refractivity (Wildman–Crippen MR) is 94.4 cm³/mol. The normalized spacial score (nSPS) is 12.2. The second-order valence-corrected chi connectivity index (χ2v) is 6.66. The predicted octanol–water partition coefficient (Wildman–Crippen LogP) is 4.35. The second kappa shape index (κ2) is 5.66. The van der Waals surface area contributed by atoms with Crippen LogP contribution in [0.15, 0.2) is 45.8 Å². The summed E-state index contributed by atoms with van der Waals surface area (Å²) in [7, 11) is 0. The van der Waals surface area contributed by atoms with E-state index in [0.717, 1.165) is 10.5 Å². The molecule has 26 heavy (non-hydrogen) atoms. The van der Waals surface area contributed by atoms with Crippen molar-refractivity contribution in [2.45, 2.75) is 13.1 Å². The fraction of sp³-hybridized carbons (Fsp3) is 0.118. The minimum absolute atomic E-state index is 0.0998. The number of aromatic nitrogens is 4. The van der Waals surface area contributed by atoms with E-state index >= 15 is 0 Å². The van der Waals surface area contributed by atoms with Gasteiger partial charge >= 0.3 is 11.9 Å². The van der Waals surface area contributed by atoms with Crippen molar-refractivity contribution in [2.75, 3.05) is 0 Å². The number of hydrogen-bond acceptors (Lipinski definition) is 3. The lowest BCUT2D eigenvalue weighted by atomic mass is 10.2. The number of fused-ring (bicyclic) bond motifs is 3. The molecule has 0 atom stereocenters. The maximum Gasteiger partial charge on any atom is 0.433 e. The molecule has 0 amide bonds. The van der Waals surface area contributed by atoms with Crippen molar-refractivity contribution >= 4 is 37.9 Å². The number of benzene rings is 1. The molecule has 0 saturated carbocycles. The summed E-state index contributed by atoms with van der Waals surface area (Å²) in [6, 6.07) is 7.54. The highest BCUT2D eigenvalue weighted by molar-refractivity contribution is 9.10.